The number of benzene rings is 2. The maximum absolute atomic E-state index is 10.1. The SMILES string of the molecule is CCCCCCCc1ccc(-c2ccc([C@]3(C#N)CC[C@H](CCCCC)CC3)cc2)cc1. The highest BCUT2D eigenvalue weighted by molar-refractivity contribution is 5.64. The topological polar surface area (TPSA) is 23.8 Å². The highest BCUT2D eigenvalue weighted by atomic mass is 14.4. The van der Waals surface area contributed by atoms with Crippen LogP contribution in [0.4, 0.5) is 0 Å². The molecule has 0 N–H and O–H groups in total. The molecule has 2 aromatic carbocycles. The fourth-order valence-electron chi connectivity index (χ4n) is 5.39. The minimum Gasteiger partial charge on any atom is -0.197 e. The van der Waals surface area contributed by atoms with Crippen molar-refractivity contribution in [2.75, 3.05) is 0 Å². The molecule has 0 heterocycles. The number of nitrogens with zero attached hydrogens (tertiary/aromatic N) is 1. The fraction of sp³-hybridized carbons (Fsp3) is 0.581. The van der Waals surface area contributed by atoms with E-state index in [1.165, 1.54) is 99.3 Å². The van der Waals surface area contributed by atoms with Crippen molar-refractivity contribution in [1.29, 1.82) is 5.26 Å². The van der Waals surface area contributed by atoms with E-state index < -0.39 is 0 Å². The van der Waals surface area contributed by atoms with Crippen LogP contribution in [-0.2, 0) is 11.8 Å². The number of hydrogen-bond donors (Lipinski definition) is 0. The summed E-state index contributed by atoms with van der Waals surface area (Å²) < 4.78 is 0. The van der Waals surface area contributed by atoms with Gasteiger partial charge < -0.3 is 0 Å². The van der Waals surface area contributed by atoms with Gasteiger partial charge in [0.25, 0.3) is 0 Å². The molecule has 172 valence electrons. The Morgan fingerprint density at radius 2 is 1.31 bits per heavy atom. The van der Waals surface area contributed by atoms with E-state index in [2.05, 4.69) is 68.4 Å². The highest BCUT2D eigenvalue weighted by Crippen LogP contribution is 2.43. The lowest BCUT2D eigenvalue weighted by atomic mass is 9.66. The second-order valence-electron chi connectivity index (χ2n) is 10.1. The van der Waals surface area contributed by atoms with Crippen molar-refractivity contribution in [3.8, 4) is 17.2 Å². The van der Waals surface area contributed by atoms with Crippen LogP contribution in [0, 0.1) is 17.2 Å². The van der Waals surface area contributed by atoms with E-state index >= 15 is 0 Å². The molecule has 0 aromatic heterocycles. The zero-order valence-electron chi connectivity index (χ0n) is 20.5. The van der Waals surface area contributed by atoms with Crippen molar-refractivity contribution in [1.82, 2.24) is 0 Å². The first-order valence-corrected chi connectivity index (χ1v) is 13.3. The number of aryl methyl sites for hydroxylation is 1. The second kappa shape index (κ2) is 12.8. The normalized spacial score (nSPS) is 20.7. The van der Waals surface area contributed by atoms with Crippen LogP contribution in [0.3, 0.4) is 0 Å². The van der Waals surface area contributed by atoms with Crippen LogP contribution < -0.4 is 0 Å². The molecule has 1 aliphatic carbocycles. The smallest absolute Gasteiger partial charge is 0.0822 e. The van der Waals surface area contributed by atoms with Gasteiger partial charge in [-0.25, -0.2) is 0 Å². The predicted molar refractivity (Wildman–Crippen MR) is 138 cm³/mol. The van der Waals surface area contributed by atoms with Gasteiger partial charge >= 0.3 is 0 Å². The molecule has 0 spiro atoms. The maximum atomic E-state index is 10.1. The minimum atomic E-state index is -0.276. The molecule has 0 amide bonds. The van der Waals surface area contributed by atoms with Gasteiger partial charge in [-0.1, -0.05) is 114 Å². The minimum absolute atomic E-state index is 0.276. The van der Waals surface area contributed by atoms with Crippen LogP contribution in [0.5, 0.6) is 0 Å². The number of nitriles is 1. The molecule has 1 nitrogen and oxygen atoms in total. The molecule has 1 fully saturated rings. The van der Waals surface area contributed by atoms with Gasteiger partial charge in [-0.05, 0) is 66.7 Å². The molecule has 0 saturated heterocycles. The number of unbranched alkanes of at least 4 members (excludes halogenated alkanes) is 6. The zero-order chi connectivity index (χ0) is 22.7. The zero-order valence-corrected chi connectivity index (χ0v) is 20.5. The molecular weight excluding hydrogens is 386 g/mol. The molecule has 0 bridgehead atoms. The van der Waals surface area contributed by atoms with Crippen LogP contribution in [-0.4, -0.2) is 0 Å². The van der Waals surface area contributed by atoms with Gasteiger partial charge in [-0.15, -0.1) is 0 Å². The fourth-order valence-corrected chi connectivity index (χ4v) is 5.39. The Bertz CT molecular complexity index is 816. The van der Waals surface area contributed by atoms with E-state index in [9.17, 15) is 5.26 Å². The third-order valence-electron chi connectivity index (χ3n) is 7.68. The van der Waals surface area contributed by atoms with Crippen LogP contribution in [0.1, 0.15) is 108 Å². The summed E-state index contributed by atoms with van der Waals surface area (Å²) >= 11 is 0. The quantitative estimate of drug-likeness (QED) is 0.308. The van der Waals surface area contributed by atoms with Crippen LogP contribution in [0.2, 0.25) is 0 Å². The van der Waals surface area contributed by atoms with Crippen molar-refractivity contribution in [3.05, 3.63) is 59.7 Å². The van der Waals surface area contributed by atoms with Crippen molar-refractivity contribution < 1.29 is 0 Å². The summed E-state index contributed by atoms with van der Waals surface area (Å²) in [6.07, 6.45) is 17.7. The third-order valence-corrected chi connectivity index (χ3v) is 7.68. The molecule has 1 heteroatoms. The Balaban J connectivity index is 1.56. The van der Waals surface area contributed by atoms with Crippen LogP contribution >= 0.6 is 0 Å². The summed E-state index contributed by atoms with van der Waals surface area (Å²) in [6.45, 7) is 4.54. The van der Waals surface area contributed by atoms with E-state index in [0.29, 0.717) is 0 Å². The largest absolute Gasteiger partial charge is 0.197 e. The summed E-state index contributed by atoms with van der Waals surface area (Å²) in [7, 11) is 0. The van der Waals surface area contributed by atoms with E-state index in [1.54, 1.807) is 0 Å². The Kier molecular flexibility index (Phi) is 9.86. The predicted octanol–water partition coefficient (Wildman–Crippen LogP) is 9.40. The van der Waals surface area contributed by atoms with E-state index in [-0.39, 0.29) is 5.41 Å². The van der Waals surface area contributed by atoms with E-state index in [4.69, 9.17) is 0 Å². The van der Waals surface area contributed by atoms with Gasteiger partial charge in [0.05, 0.1) is 11.5 Å². The Labute approximate surface area is 197 Å². The van der Waals surface area contributed by atoms with Crippen molar-refractivity contribution in [2.24, 2.45) is 5.92 Å². The molecule has 0 radical (unpaired) electrons. The first-order chi connectivity index (χ1) is 15.7. The van der Waals surface area contributed by atoms with E-state index in [1.807, 2.05) is 0 Å². The Hall–Kier alpha value is -2.07. The molecule has 2 aromatic rings. The van der Waals surface area contributed by atoms with Gasteiger partial charge in [0, 0.05) is 0 Å². The van der Waals surface area contributed by atoms with Crippen molar-refractivity contribution >= 4 is 0 Å². The number of rotatable bonds is 12. The van der Waals surface area contributed by atoms with Gasteiger partial charge in [0.1, 0.15) is 0 Å². The molecule has 0 atom stereocenters. The average Bonchev–Trinajstić information content (AvgIpc) is 2.85. The Morgan fingerprint density at radius 1 is 0.750 bits per heavy atom. The summed E-state index contributed by atoms with van der Waals surface area (Å²) in [5, 5.41) is 10.1. The lowest BCUT2D eigenvalue weighted by Crippen LogP contribution is -2.30. The monoisotopic (exact) mass is 429 g/mol. The highest BCUT2D eigenvalue weighted by Gasteiger charge is 2.36. The standard InChI is InChI=1S/C31H43N/c1-3-5-7-8-10-12-26-13-15-28(16-14-26)29-17-19-30(20-18-29)31(25-32)23-21-27(22-24-31)11-9-6-4-2/h13-20,27H,3-12,21-24H2,1-2H3/t27-,31+. The molecular formula is C31H43N. The molecule has 1 saturated carbocycles. The molecule has 1 aliphatic rings. The van der Waals surface area contributed by atoms with Crippen molar-refractivity contribution in [2.45, 2.75) is 109 Å². The van der Waals surface area contributed by atoms with Gasteiger partial charge in [-0.3, -0.25) is 0 Å². The summed E-state index contributed by atoms with van der Waals surface area (Å²) in [5.74, 6) is 0.826. The molecule has 0 aliphatic heterocycles. The molecule has 0 unspecified atom stereocenters. The van der Waals surface area contributed by atoms with E-state index in [0.717, 1.165) is 18.8 Å². The summed E-state index contributed by atoms with van der Waals surface area (Å²) in [4.78, 5) is 0. The second-order valence-corrected chi connectivity index (χ2v) is 10.1. The lowest BCUT2D eigenvalue weighted by Gasteiger charge is -2.35. The third kappa shape index (κ3) is 6.71. The van der Waals surface area contributed by atoms with Crippen molar-refractivity contribution in [3.63, 3.8) is 0 Å². The summed E-state index contributed by atoms with van der Waals surface area (Å²) in [5.41, 5.74) is 4.92. The van der Waals surface area contributed by atoms with Crippen LogP contribution in [0.25, 0.3) is 11.1 Å². The molecule has 3 rings (SSSR count). The average molecular weight is 430 g/mol. The van der Waals surface area contributed by atoms with Gasteiger partial charge in [-0.2, -0.15) is 5.26 Å². The first kappa shape index (κ1) is 24.6. The summed E-state index contributed by atoms with van der Waals surface area (Å²) in [6, 6.07) is 20.7. The first-order valence-electron chi connectivity index (χ1n) is 13.3. The van der Waals surface area contributed by atoms with Gasteiger partial charge in [0.15, 0.2) is 0 Å². The maximum Gasteiger partial charge on any atom is 0.0822 e. The molecule has 32 heavy (non-hydrogen) atoms. The number of hydrogen-bond acceptors (Lipinski definition) is 1. The van der Waals surface area contributed by atoms with Crippen LogP contribution in [0.15, 0.2) is 48.5 Å². The Morgan fingerprint density at radius 3 is 1.91 bits per heavy atom. The van der Waals surface area contributed by atoms with Gasteiger partial charge in [0.2, 0.25) is 0 Å². The lowest BCUT2D eigenvalue weighted by molar-refractivity contribution is 0.262.